The molecule has 2 aliphatic carbocycles. The van der Waals surface area contributed by atoms with Crippen molar-refractivity contribution >= 4 is 23.4 Å². The lowest BCUT2D eigenvalue weighted by atomic mass is 9.85. The number of allylic oxidation sites excluding steroid dienone is 2. The number of nitrogens with one attached hydrogen (secondary N) is 1. The average Bonchev–Trinajstić information content (AvgIpc) is 3.40. The molecule has 0 radical (unpaired) electrons. The Bertz CT molecular complexity index is 990. The number of aromatic nitrogens is 1. The van der Waals surface area contributed by atoms with Gasteiger partial charge in [0, 0.05) is 6.20 Å². The van der Waals surface area contributed by atoms with Crippen molar-refractivity contribution in [2.45, 2.75) is 6.42 Å². The first-order valence-corrected chi connectivity index (χ1v) is 9.63. The number of pyridine rings is 1. The maximum atomic E-state index is 12.7. The van der Waals surface area contributed by atoms with Crippen molar-refractivity contribution in [1.29, 1.82) is 0 Å². The van der Waals surface area contributed by atoms with Gasteiger partial charge in [0.05, 0.1) is 11.8 Å². The number of anilines is 1. The van der Waals surface area contributed by atoms with E-state index in [0.717, 1.165) is 11.3 Å². The van der Waals surface area contributed by atoms with Crippen LogP contribution in [0.5, 0.6) is 11.6 Å². The minimum atomic E-state index is -0.460. The first kappa shape index (κ1) is 17.6. The lowest BCUT2D eigenvalue weighted by Crippen LogP contribution is -2.39. The molecule has 1 aliphatic heterocycles. The van der Waals surface area contributed by atoms with Gasteiger partial charge in [-0.15, -0.1) is 0 Å². The van der Waals surface area contributed by atoms with E-state index in [9.17, 15) is 14.4 Å². The summed E-state index contributed by atoms with van der Waals surface area (Å²) in [7, 11) is 0. The second kappa shape index (κ2) is 6.84. The molecule has 4 unspecified atom stereocenters. The normalized spacial score (nSPS) is 26.7. The summed E-state index contributed by atoms with van der Waals surface area (Å²) in [5.74, 6) is -0.470. The van der Waals surface area contributed by atoms with Gasteiger partial charge < -0.3 is 10.1 Å². The van der Waals surface area contributed by atoms with Gasteiger partial charge >= 0.3 is 0 Å². The van der Waals surface area contributed by atoms with E-state index >= 15 is 0 Å². The van der Waals surface area contributed by atoms with Gasteiger partial charge in [-0.2, -0.15) is 0 Å². The summed E-state index contributed by atoms with van der Waals surface area (Å²) in [5.41, 5.74) is 0.377. The van der Waals surface area contributed by atoms with Crippen LogP contribution in [0.3, 0.4) is 0 Å². The van der Waals surface area contributed by atoms with Gasteiger partial charge in [-0.1, -0.05) is 30.4 Å². The van der Waals surface area contributed by atoms with Crippen LogP contribution < -0.4 is 10.1 Å². The van der Waals surface area contributed by atoms with Gasteiger partial charge in [0.2, 0.25) is 23.6 Å². The number of benzene rings is 1. The highest BCUT2D eigenvalue weighted by Crippen LogP contribution is 2.52. The highest BCUT2D eigenvalue weighted by atomic mass is 16.5. The third-order valence-electron chi connectivity index (χ3n) is 5.87. The SMILES string of the molecule is O=C(CN1C(=O)C2C3C=CC(C3)C2C1=O)Nc1cccnc1Oc1ccccc1. The number of likely N-dealkylation sites (tertiary alicyclic amines) is 1. The summed E-state index contributed by atoms with van der Waals surface area (Å²) in [6.45, 7) is -0.302. The molecule has 1 aromatic carbocycles. The Labute approximate surface area is 167 Å². The molecule has 2 aromatic rings. The molecule has 7 nitrogen and oxygen atoms in total. The fourth-order valence-corrected chi connectivity index (χ4v) is 4.62. The average molecular weight is 389 g/mol. The van der Waals surface area contributed by atoms with E-state index in [1.165, 1.54) is 0 Å². The zero-order valence-corrected chi connectivity index (χ0v) is 15.5. The molecule has 3 amide bonds. The second-order valence-electron chi connectivity index (χ2n) is 7.58. The van der Waals surface area contributed by atoms with Gasteiger partial charge in [-0.25, -0.2) is 4.98 Å². The molecule has 1 saturated heterocycles. The zero-order valence-electron chi connectivity index (χ0n) is 15.5. The van der Waals surface area contributed by atoms with Crippen LogP contribution >= 0.6 is 0 Å². The van der Waals surface area contributed by atoms with Crippen LogP contribution in [0.15, 0.2) is 60.8 Å². The summed E-state index contributed by atoms with van der Waals surface area (Å²) < 4.78 is 5.74. The van der Waals surface area contributed by atoms with Gasteiger partial charge in [-0.05, 0) is 42.5 Å². The molecular formula is C22H19N3O4. The number of nitrogens with zero attached hydrogens (tertiary/aromatic N) is 2. The number of hydrogen-bond acceptors (Lipinski definition) is 5. The zero-order chi connectivity index (χ0) is 20.0. The van der Waals surface area contributed by atoms with Crippen LogP contribution in [0.4, 0.5) is 5.69 Å². The monoisotopic (exact) mass is 389 g/mol. The Kier molecular flexibility index (Phi) is 4.16. The smallest absolute Gasteiger partial charge is 0.244 e. The minimum absolute atomic E-state index is 0.124. The first-order chi connectivity index (χ1) is 14.1. The summed E-state index contributed by atoms with van der Waals surface area (Å²) in [4.78, 5) is 43.4. The van der Waals surface area contributed by atoms with E-state index in [1.807, 2.05) is 30.4 Å². The standard InChI is InChI=1S/C22H19N3O4/c26-17(12-25-21(27)18-13-8-9-14(11-13)19(18)22(25)28)24-16-7-4-10-23-20(16)29-15-5-2-1-3-6-15/h1-10,13-14,18-19H,11-12H2,(H,24,26). The van der Waals surface area contributed by atoms with E-state index in [-0.39, 0.29) is 47.9 Å². The Morgan fingerprint density at radius 2 is 1.72 bits per heavy atom. The molecule has 1 N–H and O–H groups in total. The lowest BCUT2D eigenvalue weighted by molar-refractivity contribution is -0.143. The van der Waals surface area contributed by atoms with Crippen molar-refractivity contribution in [1.82, 2.24) is 9.88 Å². The molecule has 3 aliphatic rings. The maximum Gasteiger partial charge on any atom is 0.244 e. The Hall–Kier alpha value is -3.48. The van der Waals surface area contributed by atoms with Crippen LogP contribution in [-0.4, -0.2) is 34.2 Å². The molecule has 29 heavy (non-hydrogen) atoms. The molecule has 2 heterocycles. The number of rotatable bonds is 5. The third-order valence-corrected chi connectivity index (χ3v) is 5.87. The summed E-state index contributed by atoms with van der Waals surface area (Å²) in [5, 5.41) is 2.71. The predicted octanol–water partition coefficient (Wildman–Crippen LogP) is 2.62. The van der Waals surface area contributed by atoms with Crippen LogP contribution in [0.1, 0.15) is 6.42 Å². The Balaban J connectivity index is 1.29. The van der Waals surface area contributed by atoms with Gasteiger partial charge in [-0.3, -0.25) is 19.3 Å². The Morgan fingerprint density at radius 3 is 2.41 bits per heavy atom. The van der Waals surface area contributed by atoms with Crippen molar-refractivity contribution in [3.8, 4) is 11.6 Å². The van der Waals surface area contributed by atoms with E-state index in [2.05, 4.69) is 10.3 Å². The molecular weight excluding hydrogens is 370 g/mol. The molecule has 2 bridgehead atoms. The van der Waals surface area contributed by atoms with Crippen molar-refractivity contribution in [3.63, 3.8) is 0 Å². The largest absolute Gasteiger partial charge is 0.437 e. The number of ether oxygens (including phenoxy) is 1. The second-order valence-corrected chi connectivity index (χ2v) is 7.58. The number of hydrogen-bond donors (Lipinski definition) is 1. The number of carbonyl (C=O) groups is 3. The fourth-order valence-electron chi connectivity index (χ4n) is 4.62. The fraction of sp³-hybridized carbons (Fsp3) is 0.273. The number of carbonyl (C=O) groups excluding carboxylic acids is 3. The molecule has 1 saturated carbocycles. The molecule has 7 heteroatoms. The lowest BCUT2D eigenvalue weighted by Gasteiger charge is -2.17. The molecule has 2 fully saturated rings. The first-order valence-electron chi connectivity index (χ1n) is 9.63. The third kappa shape index (κ3) is 2.99. The van der Waals surface area contributed by atoms with Crippen LogP contribution in [0, 0.1) is 23.7 Å². The van der Waals surface area contributed by atoms with E-state index < -0.39 is 5.91 Å². The van der Waals surface area contributed by atoms with E-state index in [0.29, 0.717) is 11.4 Å². The topological polar surface area (TPSA) is 88.6 Å². The summed E-state index contributed by atoms with van der Waals surface area (Å²) in [6, 6.07) is 12.4. The quantitative estimate of drug-likeness (QED) is 0.627. The highest BCUT2D eigenvalue weighted by Gasteiger charge is 2.59. The number of imide groups is 1. The van der Waals surface area contributed by atoms with Crippen LogP contribution in [-0.2, 0) is 14.4 Å². The maximum absolute atomic E-state index is 12.7. The van der Waals surface area contributed by atoms with Crippen molar-refractivity contribution < 1.29 is 19.1 Å². The molecule has 146 valence electrons. The van der Waals surface area contributed by atoms with Crippen LogP contribution in [0.2, 0.25) is 0 Å². The van der Waals surface area contributed by atoms with Crippen molar-refractivity contribution in [2.24, 2.45) is 23.7 Å². The molecule has 4 atom stereocenters. The molecule has 1 aromatic heterocycles. The number of amides is 3. The number of para-hydroxylation sites is 1. The number of fused-ring (bicyclic) bond motifs is 5. The minimum Gasteiger partial charge on any atom is -0.437 e. The van der Waals surface area contributed by atoms with Crippen molar-refractivity contribution in [2.75, 3.05) is 11.9 Å². The van der Waals surface area contributed by atoms with Gasteiger partial charge in [0.15, 0.2) is 0 Å². The van der Waals surface area contributed by atoms with Crippen LogP contribution in [0.25, 0.3) is 0 Å². The Morgan fingerprint density at radius 1 is 1.03 bits per heavy atom. The summed E-state index contributed by atoms with van der Waals surface area (Å²) in [6.07, 6.45) is 6.49. The molecule has 5 rings (SSSR count). The highest BCUT2D eigenvalue weighted by molar-refractivity contribution is 6.09. The van der Waals surface area contributed by atoms with Gasteiger partial charge in [0.1, 0.15) is 18.0 Å². The summed E-state index contributed by atoms with van der Waals surface area (Å²) >= 11 is 0. The van der Waals surface area contributed by atoms with Gasteiger partial charge in [0.25, 0.3) is 0 Å². The van der Waals surface area contributed by atoms with E-state index in [4.69, 9.17) is 4.74 Å². The molecule has 0 spiro atoms. The predicted molar refractivity (Wildman–Crippen MR) is 104 cm³/mol. The van der Waals surface area contributed by atoms with E-state index in [1.54, 1.807) is 30.5 Å². The van der Waals surface area contributed by atoms with Crippen molar-refractivity contribution in [3.05, 3.63) is 60.8 Å².